The summed E-state index contributed by atoms with van der Waals surface area (Å²) in [5.74, 6) is -3.86. The van der Waals surface area contributed by atoms with Gasteiger partial charge in [0.05, 0.1) is 13.5 Å². The number of carbonyl (C=O) groups is 2. The van der Waals surface area contributed by atoms with Crippen molar-refractivity contribution in [1.82, 2.24) is 0 Å². The molecule has 1 unspecified atom stereocenters. The number of halogens is 4. The Balaban J connectivity index is 2.95. The maximum atomic E-state index is 12.9. The van der Waals surface area contributed by atoms with Crippen LogP contribution in [-0.4, -0.2) is 35.9 Å². The van der Waals surface area contributed by atoms with Gasteiger partial charge in [0, 0.05) is 5.69 Å². The van der Waals surface area contributed by atoms with Crippen LogP contribution in [0, 0.1) is 12.7 Å². The van der Waals surface area contributed by atoms with Crippen molar-refractivity contribution in [3.05, 3.63) is 29.6 Å². The number of amides is 1. The summed E-state index contributed by atoms with van der Waals surface area (Å²) in [6.07, 6.45) is -6.98. The van der Waals surface area contributed by atoms with Crippen LogP contribution in [-0.2, 0) is 14.3 Å². The van der Waals surface area contributed by atoms with Crippen molar-refractivity contribution < 1.29 is 37.0 Å². The molecule has 22 heavy (non-hydrogen) atoms. The van der Waals surface area contributed by atoms with Crippen LogP contribution in [0.3, 0.4) is 0 Å². The van der Waals surface area contributed by atoms with Crippen molar-refractivity contribution in [3.63, 3.8) is 0 Å². The third-order valence-corrected chi connectivity index (χ3v) is 2.87. The van der Waals surface area contributed by atoms with E-state index in [2.05, 4.69) is 10.1 Å². The molecule has 0 saturated heterocycles. The predicted molar refractivity (Wildman–Crippen MR) is 67.4 cm³/mol. The first-order chi connectivity index (χ1) is 10.0. The van der Waals surface area contributed by atoms with Crippen LogP contribution in [0.1, 0.15) is 12.0 Å². The van der Waals surface area contributed by atoms with Crippen molar-refractivity contribution in [2.24, 2.45) is 0 Å². The Kier molecular flexibility index (Phi) is 5.13. The van der Waals surface area contributed by atoms with Gasteiger partial charge in [-0.05, 0) is 30.7 Å². The van der Waals surface area contributed by atoms with Crippen molar-refractivity contribution in [3.8, 4) is 0 Å². The van der Waals surface area contributed by atoms with Gasteiger partial charge < -0.3 is 15.2 Å². The Morgan fingerprint density at radius 2 is 1.91 bits per heavy atom. The van der Waals surface area contributed by atoms with Gasteiger partial charge in [-0.1, -0.05) is 0 Å². The summed E-state index contributed by atoms with van der Waals surface area (Å²) in [6, 6.07) is 3.21. The van der Waals surface area contributed by atoms with Crippen molar-refractivity contribution in [2.45, 2.75) is 25.1 Å². The van der Waals surface area contributed by atoms with Gasteiger partial charge in [-0.15, -0.1) is 0 Å². The molecule has 2 N–H and O–H groups in total. The van der Waals surface area contributed by atoms with E-state index in [1.165, 1.54) is 6.92 Å². The molecule has 5 nitrogen and oxygen atoms in total. The first-order valence-corrected chi connectivity index (χ1v) is 5.95. The van der Waals surface area contributed by atoms with Gasteiger partial charge in [-0.25, -0.2) is 9.18 Å². The van der Waals surface area contributed by atoms with E-state index in [1.807, 2.05) is 0 Å². The lowest BCUT2D eigenvalue weighted by Gasteiger charge is -2.27. The highest BCUT2D eigenvalue weighted by Gasteiger charge is 2.61. The minimum atomic E-state index is -5.39. The smallest absolute Gasteiger partial charge is 0.428 e. The van der Waals surface area contributed by atoms with E-state index in [0.29, 0.717) is 7.11 Å². The van der Waals surface area contributed by atoms with E-state index in [4.69, 9.17) is 0 Å². The first kappa shape index (κ1) is 17.9. The van der Waals surface area contributed by atoms with E-state index >= 15 is 0 Å². The molecule has 1 aromatic carbocycles. The number of anilines is 1. The van der Waals surface area contributed by atoms with Gasteiger partial charge in [-0.2, -0.15) is 13.2 Å². The number of nitrogens with one attached hydrogen (secondary N) is 1. The Hall–Kier alpha value is -2.16. The minimum absolute atomic E-state index is 0.0563. The lowest BCUT2D eigenvalue weighted by Crippen LogP contribution is -2.54. The monoisotopic (exact) mass is 323 g/mol. The summed E-state index contributed by atoms with van der Waals surface area (Å²) < 4.78 is 55.2. The number of alkyl halides is 3. The molecule has 0 aliphatic rings. The highest BCUT2D eigenvalue weighted by atomic mass is 19.4. The maximum absolute atomic E-state index is 12.9. The molecule has 1 rings (SSSR count). The summed E-state index contributed by atoms with van der Waals surface area (Å²) in [6.45, 7) is 1.43. The zero-order valence-electron chi connectivity index (χ0n) is 11.6. The molecule has 0 aliphatic carbocycles. The van der Waals surface area contributed by atoms with Gasteiger partial charge in [0.1, 0.15) is 5.82 Å². The molecule has 0 radical (unpaired) electrons. The summed E-state index contributed by atoms with van der Waals surface area (Å²) in [4.78, 5) is 22.8. The zero-order valence-corrected chi connectivity index (χ0v) is 11.6. The van der Waals surface area contributed by atoms with Crippen LogP contribution in [0.4, 0.5) is 23.2 Å². The predicted octanol–water partition coefficient (Wildman–Crippen LogP) is 1.93. The molecule has 1 atom stereocenters. The number of hydrogen-bond acceptors (Lipinski definition) is 4. The number of esters is 1. The van der Waals surface area contributed by atoms with E-state index in [9.17, 15) is 32.3 Å². The quantitative estimate of drug-likeness (QED) is 0.656. The van der Waals surface area contributed by atoms with Crippen LogP contribution in [0.15, 0.2) is 18.2 Å². The molecule has 0 fully saturated rings. The molecule has 0 aromatic heterocycles. The third-order valence-electron chi connectivity index (χ3n) is 2.87. The number of aryl methyl sites for hydroxylation is 1. The number of aliphatic hydroxyl groups is 1. The van der Waals surface area contributed by atoms with Gasteiger partial charge in [0.2, 0.25) is 5.91 Å². The van der Waals surface area contributed by atoms with Crippen LogP contribution in [0.5, 0.6) is 0 Å². The second-order valence-electron chi connectivity index (χ2n) is 4.53. The first-order valence-electron chi connectivity index (χ1n) is 5.95. The molecule has 1 amide bonds. The molecular weight excluding hydrogens is 310 g/mol. The van der Waals surface area contributed by atoms with Crippen LogP contribution in [0.25, 0.3) is 0 Å². The molecule has 0 heterocycles. The van der Waals surface area contributed by atoms with Crippen LogP contribution in [0.2, 0.25) is 0 Å². The number of carbonyl (C=O) groups excluding carboxylic acids is 2. The van der Waals surface area contributed by atoms with E-state index in [0.717, 1.165) is 18.2 Å². The van der Waals surface area contributed by atoms with Crippen molar-refractivity contribution in [1.29, 1.82) is 0 Å². The Bertz CT molecular complexity index is 588. The summed E-state index contributed by atoms with van der Waals surface area (Å²) >= 11 is 0. The average Bonchev–Trinajstić information content (AvgIpc) is 2.39. The molecule has 0 spiro atoms. The lowest BCUT2D eigenvalue weighted by atomic mass is 9.98. The Morgan fingerprint density at radius 3 is 2.36 bits per heavy atom. The van der Waals surface area contributed by atoms with Gasteiger partial charge >= 0.3 is 12.1 Å². The second kappa shape index (κ2) is 6.30. The molecule has 1 aromatic rings. The molecule has 9 heteroatoms. The van der Waals surface area contributed by atoms with Gasteiger partial charge in [-0.3, -0.25) is 4.79 Å². The topological polar surface area (TPSA) is 75.6 Å². The second-order valence-corrected chi connectivity index (χ2v) is 4.53. The van der Waals surface area contributed by atoms with Gasteiger partial charge in [0.25, 0.3) is 5.60 Å². The fourth-order valence-electron chi connectivity index (χ4n) is 1.65. The maximum Gasteiger partial charge on any atom is 0.428 e. The van der Waals surface area contributed by atoms with Crippen molar-refractivity contribution in [2.75, 3.05) is 12.4 Å². The number of hydrogen-bond donors (Lipinski definition) is 2. The number of benzene rings is 1. The SMILES string of the molecule is COC(=O)C(O)(CC(=O)Nc1ccc(F)cc1C)C(F)(F)F. The number of ether oxygens (including phenoxy) is 1. The lowest BCUT2D eigenvalue weighted by molar-refractivity contribution is -0.261. The molecular formula is C13H13F4NO4. The highest BCUT2D eigenvalue weighted by Crippen LogP contribution is 2.34. The third kappa shape index (κ3) is 3.73. The Labute approximate surface area is 122 Å². The largest absolute Gasteiger partial charge is 0.467 e. The zero-order chi connectivity index (χ0) is 17.1. The molecule has 0 aliphatic heterocycles. The average molecular weight is 323 g/mol. The fraction of sp³-hybridized carbons (Fsp3) is 0.385. The minimum Gasteiger partial charge on any atom is -0.467 e. The number of methoxy groups -OCH3 is 1. The normalized spacial score (nSPS) is 14.1. The fourth-order valence-corrected chi connectivity index (χ4v) is 1.65. The van der Waals surface area contributed by atoms with Crippen LogP contribution >= 0.6 is 0 Å². The van der Waals surface area contributed by atoms with E-state index < -0.39 is 35.9 Å². The summed E-state index contributed by atoms with van der Waals surface area (Å²) in [5, 5.41) is 11.5. The molecule has 0 bridgehead atoms. The standard InChI is InChI=1S/C13H13F4NO4/c1-7-5-8(14)3-4-9(7)18-10(19)6-12(21,11(20)22-2)13(15,16)17/h3-5,21H,6H2,1-2H3,(H,18,19). The van der Waals surface area contributed by atoms with Crippen LogP contribution < -0.4 is 5.32 Å². The van der Waals surface area contributed by atoms with E-state index in [-0.39, 0.29) is 11.3 Å². The highest BCUT2D eigenvalue weighted by molar-refractivity contribution is 5.96. The summed E-state index contributed by atoms with van der Waals surface area (Å²) in [7, 11) is 0.654. The van der Waals surface area contributed by atoms with Gasteiger partial charge in [0.15, 0.2) is 0 Å². The molecule has 122 valence electrons. The number of rotatable bonds is 4. The van der Waals surface area contributed by atoms with Crippen molar-refractivity contribution >= 4 is 17.6 Å². The van der Waals surface area contributed by atoms with E-state index in [1.54, 1.807) is 0 Å². The molecule has 0 saturated carbocycles. The Morgan fingerprint density at radius 1 is 1.32 bits per heavy atom. The summed E-state index contributed by atoms with van der Waals surface area (Å²) in [5.41, 5.74) is -3.64.